The van der Waals surface area contributed by atoms with E-state index >= 15 is 0 Å². The van der Waals surface area contributed by atoms with E-state index in [2.05, 4.69) is 64.0 Å². The first kappa shape index (κ1) is 58.7. The second-order valence-corrected chi connectivity index (χ2v) is 19.0. The van der Waals surface area contributed by atoms with Gasteiger partial charge in [0.15, 0.2) is 0 Å². The Bertz CT molecular complexity index is 2000. The summed E-state index contributed by atoms with van der Waals surface area (Å²) < 4.78 is 22.7. The smallest absolute Gasteiger partial charge is 0.255 e. The lowest BCUT2D eigenvalue weighted by atomic mass is 9.73. The molecule has 0 radical (unpaired) electrons. The number of ether oxygens (including phenoxy) is 4. The summed E-state index contributed by atoms with van der Waals surface area (Å²) in [7, 11) is 0. The van der Waals surface area contributed by atoms with E-state index in [1.54, 1.807) is 12.1 Å². The van der Waals surface area contributed by atoms with Crippen LogP contribution in [0.25, 0.3) is 0 Å². The molecule has 2 unspecified atom stereocenters. The molecule has 12 nitrogen and oxygen atoms in total. The van der Waals surface area contributed by atoms with Crippen LogP contribution in [-0.4, -0.2) is 98.2 Å². The highest BCUT2D eigenvalue weighted by Crippen LogP contribution is 2.48. The van der Waals surface area contributed by atoms with E-state index in [1.165, 1.54) is 11.1 Å². The van der Waals surface area contributed by atoms with Crippen molar-refractivity contribution in [1.82, 2.24) is 10.6 Å². The van der Waals surface area contributed by atoms with Gasteiger partial charge in [-0.1, -0.05) is 86.6 Å². The number of aromatic hydroxyl groups is 4. The number of allylic oxidation sites excluding steroid dienone is 7. The quantitative estimate of drug-likeness (QED) is 0.0288. The number of carbonyl (C=O) groups is 2. The first-order valence-electron chi connectivity index (χ1n) is 25.8. The Hall–Kier alpha value is -4.62. The molecule has 6 N–H and O–H groups in total. The van der Waals surface area contributed by atoms with Crippen molar-refractivity contribution in [3.05, 3.63) is 92.6 Å². The van der Waals surface area contributed by atoms with Crippen LogP contribution in [-0.2, 0) is 38.2 Å². The van der Waals surface area contributed by atoms with Gasteiger partial charge in [-0.25, -0.2) is 0 Å². The molecule has 386 valence electrons. The number of aryl methyl sites for hydroxylation is 2. The van der Waals surface area contributed by atoms with Crippen molar-refractivity contribution in [1.29, 1.82) is 0 Å². The molecule has 0 spiro atoms. The van der Waals surface area contributed by atoms with Gasteiger partial charge < -0.3 is 50.0 Å². The molecule has 0 fully saturated rings. The van der Waals surface area contributed by atoms with Gasteiger partial charge in [-0.15, -0.1) is 0 Å². The summed E-state index contributed by atoms with van der Waals surface area (Å²) in [5, 5.41) is 50.9. The van der Waals surface area contributed by atoms with Crippen molar-refractivity contribution in [3.8, 4) is 23.0 Å². The molecule has 0 heterocycles. The van der Waals surface area contributed by atoms with Crippen LogP contribution in [0.2, 0.25) is 0 Å². The molecular formula is C57H88N2O10. The maximum Gasteiger partial charge on any atom is 0.255 e. The number of rotatable bonds is 35. The van der Waals surface area contributed by atoms with E-state index in [9.17, 15) is 30.0 Å². The number of carbonyl (C=O) groups excluding carboxylic acids is 2. The van der Waals surface area contributed by atoms with E-state index < -0.39 is 0 Å². The minimum absolute atomic E-state index is 0.0148. The Kier molecular flexibility index (Phi) is 28.1. The largest absolute Gasteiger partial charge is 0.508 e. The van der Waals surface area contributed by atoms with Gasteiger partial charge >= 0.3 is 0 Å². The molecule has 2 aromatic carbocycles. The second kappa shape index (κ2) is 33.1. The predicted molar refractivity (Wildman–Crippen MR) is 278 cm³/mol. The molecule has 1 aliphatic rings. The number of nitrogens with one attached hydrogen (secondary N) is 2. The molecule has 3 rings (SSSR count). The van der Waals surface area contributed by atoms with Crippen LogP contribution >= 0.6 is 0 Å². The van der Waals surface area contributed by atoms with Crippen molar-refractivity contribution in [2.75, 3.05) is 65.9 Å². The Morgan fingerprint density at radius 1 is 0.681 bits per heavy atom. The molecule has 0 saturated carbocycles. The highest BCUT2D eigenvalue weighted by atomic mass is 16.6. The fourth-order valence-corrected chi connectivity index (χ4v) is 8.75. The molecule has 1 aliphatic carbocycles. The summed E-state index contributed by atoms with van der Waals surface area (Å²) in [6, 6.07) is 3.33. The first-order chi connectivity index (χ1) is 33.2. The number of hydrogen-bond acceptors (Lipinski definition) is 10. The first-order valence-corrected chi connectivity index (χ1v) is 25.8. The van der Waals surface area contributed by atoms with Crippen LogP contribution in [0.1, 0.15) is 181 Å². The Balaban J connectivity index is 1.29. The van der Waals surface area contributed by atoms with Crippen molar-refractivity contribution >= 4 is 11.8 Å². The highest BCUT2D eigenvalue weighted by Gasteiger charge is 2.33. The van der Waals surface area contributed by atoms with Crippen LogP contribution in [0.5, 0.6) is 23.0 Å². The normalized spacial score (nSPS) is 14.9. The molecule has 0 saturated heterocycles. The maximum absolute atomic E-state index is 13.6. The third kappa shape index (κ3) is 20.7. The van der Waals surface area contributed by atoms with E-state index in [0.717, 1.165) is 81.8 Å². The standard InChI is InChI=1S/C57H88N2O10/c1-9-11-13-21-44-38-49(60)47(26-23-42(7)20-17-19-40(3)4)54(62)51(44)56(64)59-28-18-30-67-32-34-69-36-35-68-33-31-66-29-16-15-27-58-57(65)52-45(22-14-12-10-2)39-50(61)53(55(52)63)48-37-43(8)24-25-46(48)41(5)6/h19,23,37-39,46,48,60-63H,5,9-18,20-22,24-36H2,1-4,6-8H3,(H,58,65)(H,59,64)/b42-23-. The van der Waals surface area contributed by atoms with Crippen molar-refractivity contribution in [2.45, 2.75) is 157 Å². The molecule has 2 amide bonds. The summed E-state index contributed by atoms with van der Waals surface area (Å²) in [4.78, 5) is 27.0. The molecule has 69 heavy (non-hydrogen) atoms. The SMILES string of the molecule is C=C(C)C1CCC(C)=CC1c1c(O)cc(CCCCC)c(C(=O)NCCCCOCCOCCOCCOCCCNC(=O)c2c(CCCCC)cc(O)c(C/C=C(/C)CCC=C(C)C)c2O)c1O. The molecular weight excluding hydrogens is 873 g/mol. The maximum atomic E-state index is 13.6. The Labute approximate surface area is 414 Å². The number of amides is 2. The van der Waals surface area contributed by atoms with Gasteiger partial charge in [-0.05, 0) is 141 Å². The van der Waals surface area contributed by atoms with E-state index in [-0.39, 0.29) is 57.8 Å². The van der Waals surface area contributed by atoms with Gasteiger partial charge in [0.25, 0.3) is 11.8 Å². The van der Waals surface area contributed by atoms with E-state index in [1.807, 2.05) is 19.9 Å². The highest BCUT2D eigenvalue weighted by molar-refractivity contribution is 6.00. The predicted octanol–water partition coefficient (Wildman–Crippen LogP) is 11.6. The van der Waals surface area contributed by atoms with Gasteiger partial charge in [0, 0.05) is 43.3 Å². The van der Waals surface area contributed by atoms with E-state index in [4.69, 9.17) is 18.9 Å². The summed E-state index contributed by atoms with van der Waals surface area (Å²) in [5.41, 5.74) is 7.22. The van der Waals surface area contributed by atoms with Gasteiger partial charge in [0.2, 0.25) is 0 Å². The van der Waals surface area contributed by atoms with Crippen molar-refractivity contribution in [3.63, 3.8) is 0 Å². The molecule has 2 atom stereocenters. The molecule has 0 bridgehead atoms. The fraction of sp³-hybridized carbons (Fsp3) is 0.614. The monoisotopic (exact) mass is 961 g/mol. The van der Waals surface area contributed by atoms with Crippen LogP contribution in [0, 0.1) is 5.92 Å². The molecule has 12 heteroatoms. The van der Waals surface area contributed by atoms with Gasteiger partial charge in [-0.3, -0.25) is 9.59 Å². The third-order valence-corrected chi connectivity index (χ3v) is 12.7. The number of benzene rings is 2. The van der Waals surface area contributed by atoms with Crippen LogP contribution in [0.15, 0.2) is 59.2 Å². The lowest BCUT2D eigenvalue weighted by Crippen LogP contribution is -2.27. The van der Waals surface area contributed by atoms with Gasteiger partial charge in [0.05, 0.1) is 50.8 Å². The van der Waals surface area contributed by atoms with Gasteiger partial charge in [0.1, 0.15) is 23.0 Å². The average molecular weight is 961 g/mol. The summed E-state index contributed by atoms with van der Waals surface area (Å²) in [6.07, 6.45) is 19.3. The lowest BCUT2D eigenvalue weighted by Gasteiger charge is -2.32. The zero-order valence-corrected chi connectivity index (χ0v) is 43.4. The summed E-state index contributed by atoms with van der Waals surface area (Å²) >= 11 is 0. The molecule has 0 aliphatic heterocycles. The Morgan fingerprint density at radius 3 is 1.75 bits per heavy atom. The minimum Gasteiger partial charge on any atom is -0.508 e. The van der Waals surface area contributed by atoms with Gasteiger partial charge in [-0.2, -0.15) is 0 Å². The topological polar surface area (TPSA) is 176 Å². The Morgan fingerprint density at radius 2 is 1.20 bits per heavy atom. The zero-order chi connectivity index (χ0) is 50.6. The molecule has 0 aromatic heterocycles. The average Bonchev–Trinajstić information content (AvgIpc) is 3.29. The minimum atomic E-state index is -0.353. The number of phenolic OH excluding ortho intramolecular Hbond substituents is 4. The summed E-state index contributed by atoms with van der Waals surface area (Å²) in [5.74, 6) is -1.10. The zero-order valence-electron chi connectivity index (χ0n) is 43.4. The lowest BCUT2D eigenvalue weighted by molar-refractivity contribution is -0.00225. The summed E-state index contributed by atoms with van der Waals surface area (Å²) in [6.45, 7) is 23.0. The van der Waals surface area contributed by atoms with Crippen molar-refractivity contribution in [2.24, 2.45) is 5.92 Å². The third-order valence-electron chi connectivity index (χ3n) is 12.7. The number of phenols is 4. The number of unbranched alkanes of at least 4 members (excludes halogenated alkanes) is 5. The second-order valence-electron chi connectivity index (χ2n) is 19.0. The fourth-order valence-electron chi connectivity index (χ4n) is 8.75. The number of hydrogen-bond donors (Lipinski definition) is 6. The van der Waals surface area contributed by atoms with Crippen molar-refractivity contribution < 1.29 is 49.0 Å². The van der Waals surface area contributed by atoms with Crippen LogP contribution in [0.4, 0.5) is 0 Å². The van der Waals surface area contributed by atoms with E-state index in [0.29, 0.717) is 120 Å². The van der Waals surface area contributed by atoms with Crippen LogP contribution < -0.4 is 10.6 Å². The molecule has 2 aromatic rings. The van der Waals surface area contributed by atoms with Crippen LogP contribution in [0.3, 0.4) is 0 Å².